The van der Waals surface area contributed by atoms with E-state index in [0.717, 1.165) is 49.2 Å². The van der Waals surface area contributed by atoms with E-state index in [1.165, 1.54) is 0 Å². The van der Waals surface area contributed by atoms with Gasteiger partial charge in [-0.05, 0) is 43.0 Å². The highest BCUT2D eigenvalue weighted by atomic mass is 16.5. The molecule has 0 aromatic heterocycles. The van der Waals surface area contributed by atoms with Crippen molar-refractivity contribution in [1.82, 2.24) is 4.90 Å². The van der Waals surface area contributed by atoms with Gasteiger partial charge in [-0.3, -0.25) is 4.79 Å². The molecule has 23 heavy (non-hydrogen) atoms. The normalized spacial score (nSPS) is 12.0. The van der Waals surface area contributed by atoms with Crippen molar-refractivity contribution in [2.24, 2.45) is 5.73 Å². The van der Waals surface area contributed by atoms with Crippen LogP contribution in [0.3, 0.4) is 0 Å². The van der Waals surface area contributed by atoms with Crippen molar-refractivity contribution in [3.05, 3.63) is 29.3 Å². The number of methoxy groups -OCH3 is 1. The zero-order valence-corrected chi connectivity index (χ0v) is 15.1. The molecule has 1 aromatic carbocycles. The van der Waals surface area contributed by atoms with Crippen molar-refractivity contribution in [2.75, 3.05) is 26.7 Å². The highest BCUT2D eigenvalue weighted by Gasteiger charge is 2.19. The van der Waals surface area contributed by atoms with Crippen molar-refractivity contribution in [3.8, 4) is 5.75 Å². The van der Waals surface area contributed by atoms with E-state index in [4.69, 9.17) is 10.5 Å². The summed E-state index contributed by atoms with van der Waals surface area (Å²) in [6.07, 6.45) is 3.36. The Morgan fingerprint density at radius 3 is 2.35 bits per heavy atom. The number of benzene rings is 1. The smallest absolute Gasteiger partial charge is 0.223 e. The van der Waals surface area contributed by atoms with Gasteiger partial charge in [-0.2, -0.15) is 0 Å². The molecule has 0 aliphatic carbocycles. The van der Waals surface area contributed by atoms with E-state index in [1.54, 1.807) is 7.11 Å². The van der Waals surface area contributed by atoms with Crippen LogP contribution in [-0.4, -0.2) is 37.6 Å². The molecule has 0 heterocycles. The molecule has 130 valence electrons. The maximum absolute atomic E-state index is 12.6. The van der Waals surface area contributed by atoms with Crippen LogP contribution in [0.5, 0.6) is 5.75 Å². The van der Waals surface area contributed by atoms with Crippen LogP contribution in [0.1, 0.15) is 57.1 Å². The van der Waals surface area contributed by atoms with E-state index in [0.29, 0.717) is 13.0 Å². The van der Waals surface area contributed by atoms with Crippen LogP contribution in [0.25, 0.3) is 0 Å². The van der Waals surface area contributed by atoms with Crippen LogP contribution >= 0.6 is 0 Å². The lowest BCUT2D eigenvalue weighted by Gasteiger charge is -2.24. The zero-order valence-electron chi connectivity index (χ0n) is 15.1. The first-order valence-corrected chi connectivity index (χ1v) is 8.75. The quantitative estimate of drug-likeness (QED) is 0.719. The van der Waals surface area contributed by atoms with E-state index >= 15 is 0 Å². The Morgan fingerprint density at radius 1 is 1.22 bits per heavy atom. The monoisotopic (exact) mass is 320 g/mol. The Kier molecular flexibility index (Phi) is 8.70. The molecular formula is C19H32N2O2. The first-order chi connectivity index (χ1) is 11.1. The molecule has 0 aliphatic heterocycles. The van der Waals surface area contributed by atoms with Gasteiger partial charge in [-0.15, -0.1) is 0 Å². The Hall–Kier alpha value is -1.55. The summed E-state index contributed by atoms with van der Waals surface area (Å²) in [5.74, 6) is 1.17. The van der Waals surface area contributed by atoms with E-state index in [2.05, 4.69) is 26.8 Å². The summed E-state index contributed by atoms with van der Waals surface area (Å²) in [4.78, 5) is 14.6. The molecule has 1 atom stereocenters. The summed E-state index contributed by atoms with van der Waals surface area (Å²) >= 11 is 0. The molecule has 1 rings (SSSR count). The number of rotatable bonds is 10. The van der Waals surface area contributed by atoms with Crippen LogP contribution in [0.4, 0.5) is 0 Å². The van der Waals surface area contributed by atoms with Crippen LogP contribution in [0.2, 0.25) is 0 Å². The number of carbonyl (C=O) groups is 1. The molecule has 0 aliphatic rings. The number of amides is 1. The number of hydrogen-bond donors (Lipinski definition) is 1. The topological polar surface area (TPSA) is 55.6 Å². The van der Waals surface area contributed by atoms with Crippen LogP contribution in [0, 0.1) is 0 Å². The Morgan fingerprint density at radius 2 is 1.87 bits per heavy atom. The average Bonchev–Trinajstić information content (AvgIpc) is 2.58. The van der Waals surface area contributed by atoms with Crippen molar-refractivity contribution < 1.29 is 9.53 Å². The van der Waals surface area contributed by atoms with Crippen molar-refractivity contribution in [2.45, 2.75) is 52.4 Å². The predicted molar refractivity (Wildman–Crippen MR) is 95.9 cm³/mol. The molecule has 0 saturated heterocycles. The number of hydrogen-bond acceptors (Lipinski definition) is 3. The second-order valence-electron chi connectivity index (χ2n) is 5.94. The highest BCUT2D eigenvalue weighted by molar-refractivity contribution is 5.77. The fourth-order valence-electron chi connectivity index (χ4n) is 2.91. The van der Waals surface area contributed by atoms with Crippen molar-refractivity contribution in [1.29, 1.82) is 0 Å². The number of ether oxygens (including phenoxy) is 1. The predicted octanol–water partition coefficient (Wildman–Crippen LogP) is 3.34. The first-order valence-electron chi connectivity index (χ1n) is 8.75. The minimum atomic E-state index is 0.0647. The van der Waals surface area contributed by atoms with Crippen LogP contribution < -0.4 is 10.5 Å². The Bertz CT molecular complexity index is 482. The third-order valence-corrected chi connectivity index (χ3v) is 4.20. The summed E-state index contributed by atoms with van der Waals surface area (Å²) in [6.45, 7) is 8.45. The molecule has 4 nitrogen and oxygen atoms in total. The second-order valence-corrected chi connectivity index (χ2v) is 5.94. The Balaban J connectivity index is 2.89. The van der Waals surface area contributed by atoms with Gasteiger partial charge in [0, 0.05) is 25.4 Å². The van der Waals surface area contributed by atoms with Gasteiger partial charge in [0.05, 0.1) is 7.11 Å². The van der Waals surface area contributed by atoms with Crippen molar-refractivity contribution in [3.63, 3.8) is 0 Å². The van der Waals surface area contributed by atoms with E-state index < -0.39 is 0 Å². The lowest BCUT2D eigenvalue weighted by molar-refractivity contribution is -0.131. The molecule has 2 N–H and O–H groups in total. The fraction of sp³-hybridized carbons (Fsp3) is 0.632. The minimum absolute atomic E-state index is 0.0647. The van der Waals surface area contributed by atoms with Gasteiger partial charge in [0.1, 0.15) is 5.75 Å². The van der Waals surface area contributed by atoms with E-state index in [9.17, 15) is 4.79 Å². The standard InChI is InChI=1S/C19H32N2O2/c1-5-10-21(11-6-2)19(22)13-17(14-20)16-8-9-18(23-4)15(7-3)12-16/h8-9,12,17H,5-7,10-11,13-14,20H2,1-4H3. The van der Waals surface area contributed by atoms with Crippen molar-refractivity contribution >= 4 is 5.91 Å². The maximum atomic E-state index is 12.6. The minimum Gasteiger partial charge on any atom is -0.496 e. The third-order valence-electron chi connectivity index (χ3n) is 4.20. The zero-order chi connectivity index (χ0) is 17.2. The molecule has 0 bridgehead atoms. The molecule has 1 unspecified atom stereocenters. The summed E-state index contributed by atoms with van der Waals surface area (Å²) in [5, 5.41) is 0. The molecule has 0 radical (unpaired) electrons. The molecule has 0 spiro atoms. The van der Waals surface area contributed by atoms with Gasteiger partial charge in [0.15, 0.2) is 0 Å². The molecule has 1 aromatic rings. The average molecular weight is 320 g/mol. The fourth-order valence-corrected chi connectivity index (χ4v) is 2.91. The van der Waals surface area contributed by atoms with E-state index in [-0.39, 0.29) is 11.8 Å². The number of aryl methyl sites for hydroxylation is 1. The Labute approximate surface area is 141 Å². The maximum Gasteiger partial charge on any atom is 0.223 e. The molecule has 0 saturated carbocycles. The number of nitrogens with zero attached hydrogens (tertiary/aromatic N) is 1. The third kappa shape index (κ3) is 5.54. The van der Waals surface area contributed by atoms with Gasteiger partial charge in [-0.1, -0.05) is 32.9 Å². The van der Waals surface area contributed by atoms with Gasteiger partial charge in [-0.25, -0.2) is 0 Å². The van der Waals surface area contributed by atoms with Crippen LogP contribution in [0.15, 0.2) is 18.2 Å². The first kappa shape index (κ1) is 19.5. The summed E-state index contributed by atoms with van der Waals surface area (Å²) in [6, 6.07) is 6.15. The summed E-state index contributed by atoms with van der Waals surface area (Å²) in [7, 11) is 1.69. The highest BCUT2D eigenvalue weighted by Crippen LogP contribution is 2.26. The number of nitrogens with two attached hydrogens (primary N) is 1. The molecular weight excluding hydrogens is 288 g/mol. The van der Waals surface area contributed by atoms with Crippen LogP contribution in [-0.2, 0) is 11.2 Å². The molecule has 0 fully saturated rings. The SMILES string of the molecule is CCCN(CCC)C(=O)CC(CN)c1ccc(OC)c(CC)c1. The van der Waals surface area contributed by atoms with Gasteiger partial charge < -0.3 is 15.4 Å². The van der Waals surface area contributed by atoms with Gasteiger partial charge >= 0.3 is 0 Å². The van der Waals surface area contributed by atoms with Gasteiger partial charge in [0.2, 0.25) is 5.91 Å². The second kappa shape index (κ2) is 10.3. The lowest BCUT2D eigenvalue weighted by Crippen LogP contribution is -2.34. The summed E-state index contributed by atoms with van der Waals surface area (Å²) in [5.41, 5.74) is 8.25. The van der Waals surface area contributed by atoms with Gasteiger partial charge in [0.25, 0.3) is 0 Å². The van der Waals surface area contributed by atoms with E-state index in [1.807, 2.05) is 17.0 Å². The summed E-state index contributed by atoms with van der Waals surface area (Å²) < 4.78 is 5.38. The largest absolute Gasteiger partial charge is 0.496 e. The number of carbonyl (C=O) groups excluding carboxylic acids is 1. The lowest BCUT2D eigenvalue weighted by atomic mass is 9.93. The molecule has 1 amide bonds. The molecule has 4 heteroatoms.